The fourth-order valence-corrected chi connectivity index (χ4v) is 1.87. The van der Waals surface area contributed by atoms with Crippen molar-refractivity contribution < 1.29 is 14.7 Å². The number of urea groups is 1. The van der Waals surface area contributed by atoms with Gasteiger partial charge in [-0.05, 0) is 37.8 Å². The van der Waals surface area contributed by atoms with Gasteiger partial charge in [-0.3, -0.25) is 4.98 Å². The Hall–Kier alpha value is -2.11. The summed E-state index contributed by atoms with van der Waals surface area (Å²) in [6.45, 7) is 2.15. The van der Waals surface area contributed by atoms with E-state index in [2.05, 4.69) is 15.6 Å². The lowest BCUT2D eigenvalue weighted by Gasteiger charge is -2.14. The predicted molar refractivity (Wildman–Crippen MR) is 68.5 cm³/mol. The number of carboxylic acid groups (broad SMARTS) is 1. The second-order valence-corrected chi connectivity index (χ2v) is 4.75. The van der Waals surface area contributed by atoms with E-state index >= 15 is 0 Å². The van der Waals surface area contributed by atoms with Crippen molar-refractivity contribution in [3.63, 3.8) is 0 Å². The lowest BCUT2D eigenvalue weighted by molar-refractivity contribution is -0.139. The SMILES string of the molecule is Cc1cccc(CNC(=O)NC(C(=O)O)C2CC2)n1. The molecule has 1 unspecified atom stereocenters. The summed E-state index contributed by atoms with van der Waals surface area (Å²) in [5, 5.41) is 14.1. The van der Waals surface area contributed by atoms with Gasteiger partial charge in [0.25, 0.3) is 0 Å². The number of carbonyl (C=O) groups is 2. The van der Waals surface area contributed by atoms with E-state index < -0.39 is 18.0 Å². The van der Waals surface area contributed by atoms with E-state index in [9.17, 15) is 9.59 Å². The largest absolute Gasteiger partial charge is 0.480 e. The molecule has 0 radical (unpaired) electrons. The molecule has 0 aromatic carbocycles. The highest BCUT2D eigenvalue weighted by Crippen LogP contribution is 2.32. The molecule has 1 heterocycles. The van der Waals surface area contributed by atoms with Gasteiger partial charge in [-0.15, -0.1) is 0 Å². The zero-order chi connectivity index (χ0) is 13.8. The second-order valence-electron chi connectivity index (χ2n) is 4.75. The quantitative estimate of drug-likeness (QED) is 0.740. The van der Waals surface area contributed by atoms with Crippen molar-refractivity contribution in [2.45, 2.75) is 32.4 Å². The molecule has 1 atom stereocenters. The number of nitrogens with one attached hydrogen (secondary N) is 2. The first-order valence-electron chi connectivity index (χ1n) is 6.26. The van der Waals surface area contributed by atoms with Crippen LogP contribution in [-0.4, -0.2) is 28.1 Å². The van der Waals surface area contributed by atoms with Crippen LogP contribution in [0.25, 0.3) is 0 Å². The predicted octanol–water partition coefficient (Wildman–Crippen LogP) is 1.05. The van der Waals surface area contributed by atoms with Crippen molar-refractivity contribution in [1.82, 2.24) is 15.6 Å². The highest BCUT2D eigenvalue weighted by Gasteiger charge is 2.37. The minimum atomic E-state index is -0.980. The van der Waals surface area contributed by atoms with Crippen molar-refractivity contribution in [2.24, 2.45) is 5.92 Å². The van der Waals surface area contributed by atoms with E-state index in [1.54, 1.807) is 0 Å². The summed E-state index contributed by atoms with van der Waals surface area (Å²) in [5.41, 5.74) is 1.62. The van der Waals surface area contributed by atoms with E-state index in [0.29, 0.717) is 0 Å². The van der Waals surface area contributed by atoms with Crippen molar-refractivity contribution in [2.75, 3.05) is 0 Å². The third-order valence-electron chi connectivity index (χ3n) is 3.02. The molecule has 0 spiro atoms. The van der Waals surface area contributed by atoms with Crippen LogP contribution < -0.4 is 10.6 Å². The van der Waals surface area contributed by atoms with Gasteiger partial charge in [0.2, 0.25) is 0 Å². The van der Waals surface area contributed by atoms with Crippen molar-refractivity contribution in [1.29, 1.82) is 0 Å². The zero-order valence-electron chi connectivity index (χ0n) is 10.7. The van der Waals surface area contributed by atoms with Crippen LogP contribution in [0.2, 0.25) is 0 Å². The normalized spacial score (nSPS) is 15.6. The molecule has 1 aromatic heterocycles. The fourth-order valence-electron chi connectivity index (χ4n) is 1.87. The Labute approximate surface area is 111 Å². The Bertz CT molecular complexity index is 486. The Morgan fingerprint density at radius 1 is 1.47 bits per heavy atom. The van der Waals surface area contributed by atoms with E-state index in [4.69, 9.17) is 5.11 Å². The molecule has 1 aliphatic carbocycles. The zero-order valence-corrected chi connectivity index (χ0v) is 10.7. The molecule has 19 heavy (non-hydrogen) atoms. The second kappa shape index (κ2) is 5.69. The van der Waals surface area contributed by atoms with Crippen LogP contribution in [0.1, 0.15) is 24.2 Å². The summed E-state index contributed by atoms with van der Waals surface area (Å²) in [5.74, 6) is -0.910. The van der Waals surface area contributed by atoms with Gasteiger partial charge in [0.15, 0.2) is 0 Å². The molecular formula is C13H17N3O3. The molecule has 2 amide bonds. The number of nitrogens with zero attached hydrogens (tertiary/aromatic N) is 1. The molecule has 0 aliphatic heterocycles. The lowest BCUT2D eigenvalue weighted by atomic mass is 10.2. The average molecular weight is 263 g/mol. The maximum Gasteiger partial charge on any atom is 0.326 e. The molecule has 0 saturated heterocycles. The number of carbonyl (C=O) groups excluding carboxylic acids is 1. The summed E-state index contributed by atoms with van der Waals surface area (Å²) in [6.07, 6.45) is 1.72. The molecule has 1 fully saturated rings. The summed E-state index contributed by atoms with van der Waals surface area (Å²) in [7, 11) is 0. The number of aryl methyl sites for hydroxylation is 1. The number of pyridine rings is 1. The maximum absolute atomic E-state index is 11.6. The molecule has 3 N–H and O–H groups in total. The van der Waals surface area contributed by atoms with E-state index in [-0.39, 0.29) is 12.5 Å². The first kappa shape index (κ1) is 13.3. The smallest absolute Gasteiger partial charge is 0.326 e. The number of hydrogen-bond donors (Lipinski definition) is 3. The van der Waals surface area contributed by atoms with Gasteiger partial charge in [-0.1, -0.05) is 6.07 Å². The highest BCUT2D eigenvalue weighted by atomic mass is 16.4. The van der Waals surface area contributed by atoms with Gasteiger partial charge in [-0.2, -0.15) is 0 Å². The third-order valence-corrected chi connectivity index (χ3v) is 3.02. The molecule has 0 bridgehead atoms. The molecule has 1 saturated carbocycles. The number of aromatic nitrogens is 1. The third kappa shape index (κ3) is 3.94. The van der Waals surface area contributed by atoms with Crippen molar-refractivity contribution in [3.05, 3.63) is 29.6 Å². The standard InChI is InChI=1S/C13H17N3O3/c1-8-3-2-4-10(15-8)7-14-13(19)16-11(12(17)18)9-5-6-9/h2-4,9,11H,5-7H2,1H3,(H,17,18)(H2,14,16,19). The minimum absolute atomic E-state index is 0.0698. The summed E-state index contributed by atoms with van der Waals surface area (Å²) < 4.78 is 0. The van der Waals surface area contributed by atoms with Gasteiger partial charge in [0.1, 0.15) is 6.04 Å². The fraction of sp³-hybridized carbons (Fsp3) is 0.462. The average Bonchev–Trinajstić information content (AvgIpc) is 3.17. The molecule has 1 aromatic rings. The van der Waals surface area contributed by atoms with Crippen LogP contribution in [-0.2, 0) is 11.3 Å². The van der Waals surface area contributed by atoms with Crippen LogP contribution in [0.3, 0.4) is 0 Å². The molecule has 1 aliphatic rings. The van der Waals surface area contributed by atoms with Crippen molar-refractivity contribution >= 4 is 12.0 Å². The first-order valence-corrected chi connectivity index (χ1v) is 6.26. The van der Waals surface area contributed by atoms with Gasteiger partial charge in [-0.25, -0.2) is 9.59 Å². The minimum Gasteiger partial charge on any atom is -0.480 e. The topological polar surface area (TPSA) is 91.3 Å². The monoisotopic (exact) mass is 263 g/mol. The maximum atomic E-state index is 11.6. The first-order chi connectivity index (χ1) is 9.06. The summed E-state index contributed by atoms with van der Waals surface area (Å²) >= 11 is 0. The van der Waals surface area contributed by atoms with Crippen LogP contribution >= 0.6 is 0 Å². The van der Waals surface area contributed by atoms with Gasteiger partial charge in [0.05, 0.1) is 12.2 Å². The molecule has 2 rings (SSSR count). The number of rotatable bonds is 5. The molecular weight excluding hydrogens is 246 g/mol. The van der Waals surface area contributed by atoms with Crippen LogP contribution in [0.15, 0.2) is 18.2 Å². The lowest BCUT2D eigenvalue weighted by Crippen LogP contribution is -2.47. The molecule has 102 valence electrons. The van der Waals surface area contributed by atoms with Gasteiger partial charge in [0, 0.05) is 5.69 Å². The van der Waals surface area contributed by atoms with Crippen LogP contribution in [0.5, 0.6) is 0 Å². The summed E-state index contributed by atoms with van der Waals surface area (Å²) in [6, 6.07) is 4.29. The van der Waals surface area contributed by atoms with Crippen LogP contribution in [0.4, 0.5) is 4.79 Å². The Morgan fingerprint density at radius 3 is 2.79 bits per heavy atom. The Balaban J connectivity index is 1.82. The van der Waals surface area contributed by atoms with Crippen molar-refractivity contribution in [3.8, 4) is 0 Å². The summed E-state index contributed by atoms with van der Waals surface area (Å²) in [4.78, 5) is 26.9. The number of aliphatic carboxylic acids is 1. The van der Waals surface area contributed by atoms with Gasteiger partial charge >= 0.3 is 12.0 Å². The van der Waals surface area contributed by atoms with Gasteiger partial charge < -0.3 is 15.7 Å². The number of hydrogen-bond acceptors (Lipinski definition) is 3. The number of amides is 2. The number of carboxylic acids is 1. The molecule has 6 nitrogen and oxygen atoms in total. The Morgan fingerprint density at radius 2 is 2.21 bits per heavy atom. The Kier molecular flexibility index (Phi) is 3.99. The van der Waals surface area contributed by atoms with Crippen LogP contribution in [0, 0.1) is 12.8 Å². The van der Waals surface area contributed by atoms with E-state index in [1.165, 1.54) is 0 Å². The van der Waals surface area contributed by atoms with E-state index in [0.717, 1.165) is 24.2 Å². The van der Waals surface area contributed by atoms with E-state index in [1.807, 2.05) is 25.1 Å². The highest BCUT2D eigenvalue weighted by molar-refractivity contribution is 5.83. The molecule has 6 heteroatoms.